The monoisotopic (exact) mass is 306 g/mol. The van der Waals surface area contributed by atoms with E-state index in [2.05, 4.69) is 29.8 Å². The summed E-state index contributed by atoms with van der Waals surface area (Å²) in [5, 5.41) is 5.56. The molecule has 0 saturated heterocycles. The molecule has 0 fully saturated rings. The van der Waals surface area contributed by atoms with Crippen LogP contribution in [-0.4, -0.2) is 18.1 Å². The van der Waals surface area contributed by atoms with E-state index in [1.54, 1.807) is 18.4 Å². The van der Waals surface area contributed by atoms with Gasteiger partial charge in [0, 0.05) is 34.7 Å². The van der Waals surface area contributed by atoms with Crippen molar-refractivity contribution < 1.29 is 4.74 Å². The summed E-state index contributed by atoms with van der Waals surface area (Å²) in [6.45, 7) is 2.14. The number of nitrogens with two attached hydrogens (primary N) is 1. The van der Waals surface area contributed by atoms with Crippen LogP contribution >= 0.6 is 23.6 Å². The van der Waals surface area contributed by atoms with Gasteiger partial charge in [-0.1, -0.05) is 18.3 Å². The second-order valence-electron chi connectivity index (χ2n) is 4.60. The molecule has 2 rings (SSSR count). The summed E-state index contributed by atoms with van der Waals surface area (Å²) in [6, 6.07) is 10.2. The van der Waals surface area contributed by atoms with Gasteiger partial charge in [-0.2, -0.15) is 0 Å². The van der Waals surface area contributed by atoms with Gasteiger partial charge < -0.3 is 15.8 Å². The van der Waals surface area contributed by atoms with Gasteiger partial charge in [0.1, 0.15) is 10.7 Å². The van der Waals surface area contributed by atoms with Crippen molar-refractivity contribution in [1.82, 2.24) is 0 Å². The fraction of sp³-hybridized carbons (Fsp3) is 0.267. The molecule has 0 aliphatic carbocycles. The molecule has 0 radical (unpaired) electrons. The third-order valence-corrected chi connectivity index (χ3v) is 4.10. The fourth-order valence-corrected chi connectivity index (χ4v) is 3.04. The van der Waals surface area contributed by atoms with Gasteiger partial charge in [-0.25, -0.2) is 0 Å². The summed E-state index contributed by atoms with van der Waals surface area (Å²) < 4.78 is 5.26. The molecule has 1 unspecified atom stereocenters. The Labute approximate surface area is 128 Å². The maximum Gasteiger partial charge on any atom is 0.120 e. The van der Waals surface area contributed by atoms with Crippen molar-refractivity contribution in [2.45, 2.75) is 19.4 Å². The first-order chi connectivity index (χ1) is 9.60. The minimum Gasteiger partial charge on any atom is -0.497 e. The number of rotatable bonds is 6. The van der Waals surface area contributed by atoms with Crippen LogP contribution in [0.2, 0.25) is 0 Å². The number of thiocarbonyl (C=S) groups is 1. The van der Waals surface area contributed by atoms with Gasteiger partial charge in [0.05, 0.1) is 7.11 Å². The Kier molecular flexibility index (Phi) is 4.98. The maximum atomic E-state index is 5.77. The van der Waals surface area contributed by atoms with Crippen molar-refractivity contribution in [2.75, 3.05) is 12.4 Å². The van der Waals surface area contributed by atoms with Gasteiger partial charge in [0.25, 0.3) is 0 Å². The quantitative estimate of drug-likeness (QED) is 0.803. The molecule has 3 N–H and O–H groups in total. The predicted molar refractivity (Wildman–Crippen MR) is 90.0 cm³/mol. The first-order valence-corrected chi connectivity index (χ1v) is 7.65. The number of thiophene rings is 1. The van der Waals surface area contributed by atoms with E-state index in [0.717, 1.165) is 23.4 Å². The van der Waals surface area contributed by atoms with Crippen molar-refractivity contribution in [3.63, 3.8) is 0 Å². The van der Waals surface area contributed by atoms with Crippen molar-refractivity contribution in [2.24, 2.45) is 5.73 Å². The summed E-state index contributed by atoms with van der Waals surface area (Å²) >= 11 is 6.86. The number of hydrogen-bond donors (Lipinski definition) is 2. The Morgan fingerprint density at radius 3 is 2.85 bits per heavy atom. The summed E-state index contributed by atoms with van der Waals surface area (Å²) in [6.07, 6.45) is 0.964. The fourth-order valence-electron chi connectivity index (χ4n) is 2.03. The zero-order chi connectivity index (χ0) is 14.5. The second kappa shape index (κ2) is 6.72. The van der Waals surface area contributed by atoms with Crippen molar-refractivity contribution in [3.8, 4) is 5.75 Å². The number of hydrogen-bond acceptors (Lipinski definition) is 4. The zero-order valence-corrected chi connectivity index (χ0v) is 13.2. The Bertz CT molecular complexity index is 582. The zero-order valence-electron chi connectivity index (χ0n) is 11.6. The molecule has 1 atom stereocenters. The van der Waals surface area contributed by atoms with E-state index >= 15 is 0 Å². The van der Waals surface area contributed by atoms with Crippen LogP contribution in [0.15, 0.2) is 35.7 Å². The number of nitrogens with one attached hydrogen (secondary N) is 1. The lowest BCUT2D eigenvalue weighted by Gasteiger charge is -2.18. The van der Waals surface area contributed by atoms with Crippen LogP contribution in [0.4, 0.5) is 5.69 Å². The molecule has 0 aliphatic rings. The highest BCUT2D eigenvalue weighted by atomic mass is 32.1. The topological polar surface area (TPSA) is 47.3 Å². The highest BCUT2D eigenvalue weighted by Gasteiger charge is 2.10. The van der Waals surface area contributed by atoms with Crippen LogP contribution in [0.1, 0.15) is 17.4 Å². The molecule has 0 aliphatic heterocycles. The number of ether oxygens (including phenoxy) is 1. The molecule has 0 bridgehead atoms. The number of methoxy groups -OCH3 is 1. The lowest BCUT2D eigenvalue weighted by Crippen LogP contribution is -2.21. The van der Waals surface area contributed by atoms with Crippen molar-refractivity contribution in [1.29, 1.82) is 0 Å². The summed E-state index contributed by atoms with van der Waals surface area (Å²) in [4.78, 5) is 1.74. The first-order valence-electron chi connectivity index (χ1n) is 6.37. The largest absolute Gasteiger partial charge is 0.497 e. The summed E-state index contributed by atoms with van der Waals surface area (Å²) in [5.74, 6) is 0.788. The molecule has 2 aromatic rings. The Hall–Kier alpha value is -1.59. The van der Waals surface area contributed by atoms with E-state index in [0.29, 0.717) is 4.99 Å². The van der Waals surface area contributed by atoms with E-state index in [-0.39, 0.29) is 6.04 Å². The molecule has 0 saturated carbocycles. The lowest BCUT2D eigenvalue weighted by atomic mass is 10.1. The van der Waals surface area contributed by atoms with Gasteiger partial charge in [-0.05, 0) is 30.5 Å². The van der Waals surface area contributed by atoms with Crippen LogP contribution in [0.5, 0.6) is 5.75 Å². The van der Waals surface area contributed by atoms with Crippen LogP contribution in [0, 0.1) is 0 Å². The van der Waals surface area contributed by atoms with E-state index < -0.39 is 0 Å². The molecule has 0 amide bonds. The Morgan fingerprint density at radius 2 is 2.25 bits per heavy atom. The number of anilines is 1. The summed E-state index contributed by atoms with van der Waals surface area (Å²) in [7, 11) is 1.65. The molecule has 20 heavy (non-hydrogen) atoms. The number of benzene rings is 1. The maximum absolute atomic E-state index is 5.77. The van der Waals surface area contributed by atoms with E-state index in [1.165, 1.54) is 4.88 Å². The van der Waals surface area contributed by atoms with Gasteiger partial charge >= 0.3 is 0 Å². The standard InChI is InChI=1S/C15H18N2OS2/c1-10(8-12-4-3-7-20-12)17-14-9-11(18-2)5-6-13(14)15(16)19/h3-7,9-10,17H,8H2,1-2H3,(H2,16,19). The molecule has 1 aromatic carbocycles. The van der Waals surface area contributed by atoms with E-state index in [4.69, 9.17) is 22.7 Å². The highest BCUT2D eigenvalue weighted by Crippen LogP contribution is 2.24. The summed E-state index contributed by atoms with van der Waals surface area (Å²) in [5.41, 5.74) is 7.53. The van der Waals surface area contributed by atoms with Crippen LogP contribution < -0.4 is 15.8 Å². The minimum atomic E-state index is 0.286. The predicted octanol–water partition coefficient (Wildman–Crippen LogP) is 3.43. The molecule has 3 nitrogen and oxygen atoms in total. The van der Waals surface area contributed by atoms with Crippen LogP contribution in [0.25, 0.3) is 0 Å². The first kappa shape index (κ1) is 14.8. The third-order valence-electron chi connectivity index (χ3n) is 2.98. The van der Waals surface area contributed by atoms with E-state index in [1.807, 2.05) is 18.2 Å². The Morgan fingerprint density at radius 1 is 1.45 bits per heavy atom. The molecule has 106 valence electrons. The average molecular weight is 306 g/mol. The third kappa shape index (κ3) is 3.71. The smallest absolute Gasteiger partial charge is 0.120 e. The minimum absolute atomic E-state index is 0.286. The lowest BCUT2D eigenvalue weighted by molar-refractivity contribution is 0.415. The molecule has 0 spiro atoms. The Balaban J connectivity index is 2.16. The van der Waals surface area contributed by atoms with Gasteiger partial charge in [-0.15, -0.1) is 11.3 Å². The second-order valence-corrected chi connectivity index (χ2v) is 6.08. The molecular weight excluding hydrogens is 288 g/mol. The van der Waals surface area contributed by atoms with Crippen molar-refractivity contribution >= 4 is 34.2 Å². The molecule has 5 heteroatoms. The van der Waals surface area contributed by atoms with Crippen LogP contribution in [0.3, 0.4) is 0 Å². The normalized spacial score (nSPS) is 11.9. The van der Waals surface area contributed by atoms with Crippen LogP contribution in [-0.2, 0) is 6.42 Å². The van der Waals surface area contributed by atoms with Gasteiger partial charge in [0.15, 0.2) is 0 Å². The van der Waals surface area contributed by atoms with Gasteiger partial charge in [-0.3, -0.25) is 0 Å². The molecule has 1 aromatic heterocycles. The highest BCUT2D eigenvalue weighted by molar-refractivity contribution is 7.80. The SMILES string of the molecule is COc1ccc(C(N)=S)c(NC(C)Cc2cccs2)c1. The van der Waals surface area contributed by atoms with Gasteiger partial charge in [0.2, 0.25) is 0 Å². The van der Waals surface area contributed by atoms with E-state index in [9.17, 15) is 0 Å². The van der Waals surface area contributed by atoms with Crippen molar-refractivity contribution in [3.05, 3.63) is 46.2 Å². The molecule has 1 heterocycles. The molecular formula is C15H18N2OS2. The average Bonchev–Trinajstić information content (AvgIpc) is 2.90.